The van der Waals surface area contributed by atoms with E-state index in [2.05, 4.69) is 5.32 Å². The molecule has 1 aromatic rings. The Kier molecular flexibility index (Phi) is 4.27. The minimum Gasteiger partial charge on any atom is -0.316 e. The van der Waals surface area contributed by atoms with E-state index in [0.717, 1.165) is 31.5 Å². The van der Waals surface area contributed by atoms with Crippen LogP contribution in [-0.2, 0) is 12.6 Å². The highest BCUT2D eigenvalue weighted by atomic mass is 19.4. The standard InChI is InChI=1S/C14H18F3N/c15-14(16,17)13-7-5-11(6-8-13)3-4-12-2-1-9-18-10-12/h5-8,12,18H,1-4,9-10H2. The van der Waals surface area contributed by atoms with Gasteiger partial charge in [0.1, 0.15) is 0 Å². The lowest BCUT2D eigenvalue weighted by atomic mass is 9.92. The number of aryl methyl sites for hydroxylation is 1. The van der Waals surface area contributed by atoms with E-state index >= 15 is 0 Å². The van der Waals surface area contributed by atoms with E-state index in [1.54, 1.807) is 12.1 Å². The van der Waals surface area contributed by atoms with Gasteiger partial charge in [-0.1, -0.05) is 12.1 Å². The first-order valence-corrected chi connectivity index (χ1v) is 6.42. The Labute approximate surface area is 105 Å². The Morgan fingerprint density at radius 1 is 1.17 bits per heavy atom. The highest BCUT2D eigenvalue weighted by molar-refractivity contribution is 5.24. The van der Waals surface area contributed by atoms with Crippen molar-refractivity contribution >= 4 is 0 Å². The second-order valence-electron chi connectivity index (χ2n) is 4.95. The first kappa shape index (κ1) is 13.4. The number of piperidine rings is 1. The summed E-state index contributed by atoms with van der Waals surface area (Å²) in [6.07, 6.45) is 0.125. The van der Waals surface area contributed by atoms with Gasteiger partial charge in [0.2, 0.25) is 0 Å². The van der Waals surface area contributed by atoms with E-state index in [4.69, 9.17) is 0 Å². The van der Waals surface area contributed by atoms with Crippen LogP contribution in [0.1, 0.15) is 30.4 Å². The Bertz CT molecular complexity index is 364. The van der Waals surface area contributed by atoms with Gasteiger partial charge in [0, 0.05) is 0 Å². The molecule has 0 aliphatic carbocycles. The molecule has 1 saturated heterocycles. The van der Waals surface area contributed by atoms with Gasteiger partial charge in [-0.25, -0.2) is 0 Å². The molecule has 0 aromatic heterocycles. The maximum Gasteiger partial charge on any atom is 0.416 e. The van der Waals surface area contributed by atoms with E-state index in [-0.39, 0.29) is 0 Å². The zero-order chi connectivity index (χ0) is 13.0. The van der Waals surface area contributed by atoms with Crippen LogP contribution in [0, 0.1) is 5.92 Å². The lowest BCUT2D eigenvalue weighted by Gasteiger charge is -2.22. The molecular weight excluding hydrogens is 239 g/mol. The molecule has 1 N–H and O–H groups in total. The summed E-state index contributed by atoms with van der Waals surface area (Å²) >= 11 is 0. The molecule has 100 valence electrons. The number of hydrogen-bond acceptors (Lipinski definition) is 1. The molecule has 1 nitrogen and oxygen atoms in total. The molecule has 1 aromatic carbocycles. The molecule has 1 aliphatic rings. The largest absolute Gasteiger partial charge is 0.416 e. The predicted molar refractivity (Wildman–Crippen MR) is 65.4 cm³/mol. The summed E-state index contributed by atoms with van der Waals surface area (Å²) in [5.74, 6) is 0.668. The molecule has 0 amide bonds. The number of rotatable bonds is 3. The van der Waals surface area contributed by atoms with Gasteiger partial charge in [-0.2, -0.15) is 13.2 Å². The summed E-state index contributed by atoms with van der Waals surface area (Å²) in [7, 11) is 0. The maximum absolute atomic E-state index is 12.4. The molecule has 1 heterocycles. The van der Waals surface area contributed by atoms with Crippen molar-refractivity contribution in [3.63, 3.8) is 0 Å². The van der Waals surface area contributed by atoms with Crippen molar-refractivity contribution in [1.29, 1.82) is 0 Å². The first-order valence-electron chi connectivity index (χ1n) is 6.42. The van der Waals surface area contributed by atoms with Gasteiger partial charge in [0.15, 0.2) is 0 Å². The summed E-state index contributed by atoms with van der Waals surface area (Å²) in [6.45, 7) is 2.14. The molecule has 0 spiro atoms. The van der Waals surface area contributed by atoms with Crippen molar-refractivity contribution < 1.29 is 13.2 Å². The third kappa shape index (κ3) is 3.73. The van der Waals surface area contributed by atoms with E-state index in [1.165, 1.54) is 25.0 Å². The molecule has 18 heavy (non-hydrogen) atoms. The van der Waals surface area contributed by atoms with Crippen molar-refractivity contribution in [2.45, 2.75) is 31.9 Å². The molecule has 0 saturated carbocycles. The number of hydrogen-bond donors (Lipinski definition) is 1. The molecule has 4 heteroatoms. The predicted octanol–water partition coefficient (Wildman–Crippen LogP) is 3.64. The van der Waals surface area contributed by atoms with Gasteiger partial charge in [0.05, 0.1) is 5.56 Å². The Hall–Kier alpha value is -1.03. The van der Waals surface area contributed by atoms with E-state index in [1.807, 2.05) is 0 Å². The van der Waals surface area contributed by atoms with Crippen LogP contribution in [0.5, 0.6) is 0 Å². The van der Waals surface area contributed by atoms with E-state index < -0.39 is 11.7 Å². The summed E-state index contributed by atoms with van der Waals surface area (Å²) in [5.41, 5.74) is 0.430. The third-order valence-electron chi connectivity index (χ3n) is 3.52. The first-order chi connectivity index (χ1) is 8.55. The van der Waals surface area contributed by atoms with Crippen LogP contribution < -0.4 is 5.32 Å². The molecule has 0 bridgehead atoms. The van der Waals surface area contributed by atoms with Gasteiger partial charge in [-0.3, -0.25) is 0 Å². The average Bonchev–Trinajstić information content (AvgIpc) is 2.37. The summed E-state index contributed by atoms with van der Waals surface area (Å²) in [4.78, 5) is 0. The van der Waals surface area contributed by atoms with E-state index in [0.29, 0.717) is 5.92 Å². The van der Waals surface area contributed by atoms with Crippen molar-refractivity contribution in [3.05, 3.63) is 35.4 Å². The van der Waals surface area contributed by atoms with Crippen LogP contribution in [0.3, 0.4) is 0 Å². The number of alkyl halides is 3. The van der Waals surface area contributed by atoms with Gasteiger partial charge < -0.3 is 5.32 Å². The molecule has 1 unspecified atom stereocenters. The fourth-order valence-corrected chi connectivity index (χ4v) is 2.40. The summed E-state index contributed by atoms with van der Waals surface area (Å²) < 4.78 is 37.2. The minimum atomic E-state index is -4.23. The Morgan fingerprint density at radius 3 is 2.44 bits per heavy atom. The van der Waals surface area contributed by atoms with Crippen molar-refractivity contribution in [2.24, 2.45) is 5.92 Å². The summed E-state index contributed by atoms with van der Waals surface area (Å²) in [6, 6.07) is 5.54. The third-order valence-corrected chi connectivity index (χ3v) is 3.52. The van der Waals surface area contributed by atoms with Crippen LogP contribution in [-0.4, -0.2) is 13.1 Å². The smallest absolute Gasteiger partial charge is 0.316 e. The van der Waals surface area contributed by atoms with E-state index in [9.17, 15) is 13.2 Å². The Balaban J connectivity index is 1.86. The van der Waals surface area contributed by atoms with Gasteiger partial charge in [-0.15, -0.1) is 0 Å². The fraction of sp³-hybridized carbons (Fsp3) is 0.571. The second-order valence-corrected chi connectivity index (χ2v) is 4.95. The van der Waals surface area contributed by atoms with Gasteiger partial charge in [0.25, 0.3) is 0 Å². The zero-order valence-corrected chi connectivity index (χ0v) is 10.3. The van der Waals surface area contributed by atoms with Crippen LogP contribution >= 0.6 is 0 Å². The van der Waals surface area contributed by atoms with Crippen LogP contribution in [0.2, 0.25) is 0 Å². The molecule has 2 rings (SSSR count). The van der Waals surface area contributed by atoms with Crippen LogP contribution in [0.15, 0.2) is 24.3 Å². The molecular formula is C14H18F3N. The minimum absolute atomic E-state index is 0.564. The van der Waals surface area contributed by atoms with Gasteiger partial charge in [-0.05, 0) is 62.4 Å². The van der Waals surface area contributed by atoms with Gasteiger partial charge >= 0.3 is 6.18 Å². The lowest BCUT2D eigenvalue weighted by Crippen LogP contribution is -2.29. The molecule has 1 aliphatic heterocycles. The quantitative estimate of drug-likeness (QED) is 0.871. The van der Waals surface area contributed by atoms with Crippen molar-refractivity contribution in [3.8, 4) is 0 Å². The van der Waals surface area contributed by atoms with Crippen LogP contribution in [0.4, 0.5) is 13.2 Å². The SMILES string of the molecule is FC(F)(F)c1ccc(CCC2CCCNC2)cc1. The lowest BCUT2D eigenvalue weighted by molar-refractivity contribution is -0.137. The highest BCUT2D eigenvalue weighted by Gasteiger charge is 2.29. The molecule has 1 fully saturated rings. The monoisotopic (exact) mass is 257 g/mol. The maximum atomic E-state index is 12.4. The zero-order valence-electron chi connectivity index (χ0n) is 10.3. The summed E-state index contributed by atoms with van der Waals surface area (Å²) in [5, 5.41) is 3.35. The number of halogens is 3. The topological polar surface area (TPSA) is 12.0 Å². The van der Waals surface area contributed by atoms with Crippen molar-refractivity contribution in [1.82, 2.24) is 5.32 Å². The second kappa shape index (κ2) is 5.74. The Morgan fingerprint density at radius 2 is 1.89 bits per heavy atom. The molecule has 1 atom stereocenters. The normalized spacial score (nSPS) is 20.9. The van der Waals surface area contributed by atoms with Crippen molar-refractivity contribution in [2.75, 3.05) is 13.1 Å². The highest BCUT2D eigenvalue weighted by Crippen LogP contribution is 2.29. The number of nitrogens with one attached hydrogen (secondary N) is 1. The van der Waals surface area contributed by atoms with Crippen LogP contribution in [0.25, 0.3) is 0 Å². The average molecular weight is 257 g/mol. The molecule has 0 radical (unpaired) electrons. The fourth-order valence-electron chi connectivity index (χ4n) is 2.40. The number of benzene rings is 1.